The summed E-state index contributed by atoms with van der Waals surface area (Å²) >= 11 is 0. The molecule has 0 atom stereocenters. The van der Waals surface area contributed by atoms with Crippen LogP contribution in [0, 0.1) is 0 Å². The molecule has 1 aliphatic rings. The Balaban J connectivity index is 1.32. The lowest BCUT2D eigenvalue weighted by Crippen LogP contribution is -2.45. The number of nitrogens with two attached hydrogens (primary N) is 1. The minimum Gasteiger partial charge on any atom is -0.494 e. The number of benzene rings is 2. The third-order valence-corrected chi connectivity index (χ3v) is 5.15. The van der Waals surface area contributed by atoms with Crippen molar-refractivity contribution in [1.29, 1.82) is 0 Å². The smallest absolute Gasteiger partial charge is 0.145 e. The molecule has 0 radical (unpaired) electrons. The Kier molecular flexibility index (Phi) is 5.69. The number of ether oxygens (including phenoxy) is 1. The van der Waals surface area contributed by atoms with Gasteiger partial charge in [-0.3, -0.25) is 9.80 Å². The first-order chi connectivity index (χ1) is 13.7. The van der Waals surface area contributed by atoms with Gasteiger partial charge in [-0.25, -0.2) is 9.97 Å². The van der Waals surface area contributed by atoms with E-state index < -0.39 is 0 Å². The Morgan fingerprint density at radius 3 is 2.29 bits per heavy atom. The lowest BCUT2D eigenvalue weighted by Gasteiger charge is -2.34. The first kappa shape index (κ1) is 18.7. The molecule has 1 aliphatic heterocycles. The van der Waals surface area contributed by atoms with E-state index in [0.717, 1.165) is 61.7 Å². The van der Waals surface area contributed by atoms with Gasteiger partial charge in [0.05, 0.1) is 18.7 Å². The standard InChI is InChI=1S/C22H27N5O/c1-2-28-18-9-7-17(8-10-18)15-26-11-13-27(14-12-26)16-21-24-20-6-4-3-5-19(20)22(23)25-21/h3-10H,2,11-16H2,1H3,(H2,23,24,25). The van der Waals surface area contributed by atoms with Crippen LogP contribution in [0.5, 0.6) is 5.75 Å². The first-order valence-corrected chi connectivity index (χ1v) is 9.89. The number of rotatable bonds is 6. The van der Waals surface area contributed by atoms with Crippen LogP contribution in [0.25, 0.3) is 10.9 Å². The van der Waals surface area contributed by atoms with E-state index in [1.54, 1.807) is 0 Å². The maximum Gasteiger partial charge on any atom is 0.145 e. The quantitative estimate of drug-likeness (QED) is 0.712. The van der Waals surface area contributed by atoms with Crippen molar-refractivity contribution in [3.63, 3.8) is 0 Å². The highest BCUT2D eigenvalue weighted by Gasteiger charge is 2.18. The van der Waals surface area contributed by atoms with Gasteiger partial charge in [0.15, 0.2) is 0 Å². The molecule has 28 heavy (non-hydrogen) atoms. The zero-order valence-corrected chi connectivity index (χ0v) is 16.3. The number of nitrogen functional groups attached to an aromatic ring is 1. The van der Waals surface area contributed by atoms with Gasteiger partial charge >= 0.3 is 0 Å². The number of hydrogen-bond donors (Lipinski definition) is 1. The van der Waals surface area contributed by atoms with Crippen molar-refractivity contribution in [2.45, 2.75) is 20.0 Å². The normalized spacial score (nSPS) is 15.8. The molecule has 0 saturated carbocycles. The van der Waals surface area contributed by atoms with Crippen LogP contribution in [0.1, 0.15) is 18.3 Å². The van der Waals surface area contributed by atoms with E-state index in [1.807, 2.05) is 31.2 Å². The van der Waals surface area contributed by atoms with E-state index in [9.17, 15) is 0 Å². The molecule has 6 nitrogen and oxygen atoms in total. The lowest BCUT2D eigenvalue weighted by atomic mass is 10.2. The molecule has 0 amide bonds. The Labute approximate surface area is 165 Å². The van der Waals surface area contributed by atoms with E-state index >= 15 is 0 Å². The van der Waals surface area contributed by atoms with Crippen molar-refractivity contribution in [1.82, 2.24) is 19.8 Å². The molecule has 0 spiro atoms. The molecule has 146 valence electrons. The van der Waals surface area contributed by atoms with Crippen molar-refractivity contribution >= 4 is 16.7 Å². The number of fused-ring (bicyclic) bond motifs is 1. The van der Waals surface area contributed by atoms with Crippen LogP contribution in [0.15, 0.2) is 48.5 Å². The van der Waals surface area contributed by atoms with Crippen LogP contribution in [-0.2, 0) is 13.1 Å². The third-order valence-electron chi connectivity index (χ3n) is 5.15. The molecule has 1 aromatic heterocycles. The fourth-order valence-electron chi connectivity index (χ4n) is 3.64. The summed E-state index contributed by atoms with van der Waals surface area (Å²) in [5.74, 6) is 2.30. The van der Waals surface area contributed by atoms with E-state index in [1.165, 1.54) is 5.56 Å². The summed E-state index contributed by atoms with van der Waals surface area (Å²) in [5, 5.41) is 0.923. The summed E-state index contributed by atoms with van der Waals surface area (Å²) in [5.41, 5.74) is 8.35. The molecule has 2 aromatic carbocycles. The maximum absolute atomic E-state index is 6.11. The van der Waals surface area contributed by atoms with Crippen molar-refractivity contribution in [2.75, 3.05) is 38.5 Å². The zero-order chi connectivity index (χ0) is 19.3. The SMILES string of the molecule is CCOc1ccc(CN2CCN(Cc3nc(N)c4ccccc4n3)CC2)cc1. The highest BCUT2D eigenvalue weighted by Crippen LogP contribution is 2.19. The second-order valence-corrected chi connectivity index (χ2v) is 7.17. The molecule has 0 unspecified atom stereocenters. The molecule has 2 heterocycles. The molecule has 0 aliphatic carbocycles. The number of nitrogens with zero attached hydrogens (tertiary/aromatic N) is 4. The van der Waals surface area contributed by atoms with Crippen molar-refractivity contribution in [3.8, 4) is 5.75 Å². The van der Waals surface area contributed by atoms with E-state index in [0.29, 0.717) is 12.4 Å². The monoisotopic (exact) mass is 377 g/mol. The maximum atomic E-state index is 6.11. The molecule has 1 fully saturated rings. The number of hydrogen-bond acceptors (Lipinski definition) is 6. The molecule has 1 saturated heterocycles. The first-order valence-electron chi connectivity index (χ1n) is 9.89. The average molecular weight is 377 g/mol. The average Bonchev–Trinajstić information content (AvgIpc) is 2.71. The van der Waals surface area contributed by atoms with Gasteiger partial charge in [-0.15, -0.1) is 0 Å². The second-order valence-electron chi connectivity index (χ2n) is 7.17. The largest absolute Gasteiger partial charge is 0.494 e. The number of piperazine rings is 1. The Hall–Kier alpha value is -2.70. The minimum atomic E-state index is 0.565. The summed E-state index contributed by atoms with van der Waals surface area (Å²) < 4.78 is 5.52. The minimum absolute atomic E-state index is 0.565. The Morgan fingerprint density at radius 2 is 1.57 bits per heavy atom. The van der Waals surface area contributed by atoms with Crippen LogP contribution >= 0.6 is 0 Å². The van der Waals surface area contributed by atoms with E-state index in [-0.39, 0.29) is 0 Å². The zero-order valence-electron chi connectivity index (χ0n) is 16.3. The summed E-state index contributed by atoms with van der Waals surface area (Å²) in [6, 6.07) is 16.3. The second kappa shape index (κ2) is 8.54. The van der Waals surface area contributed by atoms with Crippen molar-refractivity contribution in [3.05, 3.63) is 59.9 Å². The highest BCUT2D eigenvalue weighted by molar-refractivity contribution is 5.87. The number of para-hydroxylation sites is 1. The predicted molar refractivity (Wildman–Crippen MR) is 112 cm³/mol. The molecule has 6 heteroatoms. The molecule has 3 aromatic rings. The summed E-state index contributed by atoms with van der Waals surface area (Å²) in [6.07, 6.45) is 0. The number of anilines is 1. The third kappa shape index (κ3) is 4.40. The van der Waals surface area contributed by atoms with Crippen LogP contribution in [0.4, 0.5) is 5.82 Å². The topological polar surface area (TPSA) is 67.5 Å². The van der Waals surface area contributed by atoms with Crippen LogP contribution in [-0.4, -0.2) is 52.6 Å². The van der Waals surface area contributed by atoms with Gasteiger partial charge in [0.1, 0.15) is 17.4 Å². The van der Waals surface area contributed by atoms with E-state index in [4.69, 9.17) is 10.5 Å². The van der Waals surface area contributed by atoms with Crippen LogP contribution < -0.4 is 10.5 Å². The Bertz CT molecular complexity index is 920. The van der Waals surface area contributed by atoms with E-state index in [2.05, 4.69) is 44.0 Å². The molecular weight excluding hydrogens is 350 g/mol. The summed E-state index contributed by atoms with van der Waals surface area (Å²) in [6.45, 7) is 8.51. The number of aromatic nitrogens is 2. The summed E-state index contributed by atoms with van der Waals surface area (Å²) in [4.78, 5) is 14.1. The van der Waals surface area contributed by atoms with Gasteiger partial charge in [-0.1, -0.05) is 24.3 Å². The van der Waals surface area contributed by atoms with Crippen LogP contribution in [0.3, 0.4) is 0 Å². The molecule has 0 bridgehead atoms. The van der Waals surface area contributed by atoms with Gasteiger partial charge in [-0.2, -0.15) is 0 Å². The fourth-order valence-corrected chi connectivity index (χ4v) is 3.64. The van der Waals surface area contributed by atoms with Crippen molar-refractivity contribution < 1.29 is 4.74 Å². The fraction of sp³-hybridized carbons (Fsp3) is 0.364. The lowest BCUT2D eigenvalue weighted by molar-refractivity contribution is 0.120. The van der Waals surface area contributed by atoms with Crippen molar-refractivity contribution in [2.24, 2.45) is 0 Å². The van der Waals surface area contributed by atoms with Gasteiger partial charge in [0.2, 0.25) is 0 Å². The van der Waals surface area contributed by atoms with Gasteiger partial charge in [-0.05, 0) is 36.8 Å². The Morgan fingerprint density at radius 1 is 0.893 bits per heavy atom. The highest BCUT2D eigenvalue weighted by atomic mass is 16.5. The summed E-state index contributed by atoms with van der Waals surface area (Å²) in [7, 11) is 0. The van der Waals surface area contributed by atoms with Gasteiger partial charge in [0, 0.05) is 38.1 Å². The predicted octanol–water partition coefficient (Wildman–Crippen LogP) is 2.93. The molecular formula is C22H27N5O. The van der Waals surface area contributed by atoms with Gasteiger partial charge in [0.25, 0.3) is 0 Å². The molecule has 2 N–H and O–H groups in total. The van der Waals surface area contributed by atoms with Crippen LogP contribution in [0.2, 0.25) is 0 Å². The van der Waals surface area contributed by atoms with Gasteiger partial charge < -0.3 is 10.5 Å². The molecule has 4 rings (SSSR count).